The summed E-state index contributed by atoms with van der Waals surface area (Å²) in [5, 5.41) is -0.113. The Bertz CT molecular complexity index is 3120. The van der Waals surface area contributed by atoms with Crippen molar-refractivity contribution in [2.75, 3.05) is 0 Å². The molecule has 186 valence electrons. The molecule has 0 aromatic heterocycles. The molecule has 0 aliphatic heterocycles. The van der Waals surface area contributed by atoms with Crippen LogP contribution in [0.1, 0.15) is 24.7 Å². The van der Waals surface area contributed by atoms with Crippen LogP contribution < -0.4 is 0 Å². The SMILES string of the molecule is [2H]c1c([2H])c([2H])c(-c2c3ccccc3c(-c3c([2H])c([2H])c4c([2H])c([2H])c(-c5c([2H])c([2H])c6c([2H])c([2H])c([2H])c([2H])c6c5[2H])c([2H])c4c3[2H])c3ccccc23)c([2H])c1[2H]. The molecule has 8 aromatic carbocycles. The Morgan fingerprint density at radius 3 is 1.35 bits per heavy atom. The summed E-state index contributed by atoms with van der Waals surface area (Å²) in [4.78, 5) is 0. The minimum Gasteiger partial charge on any atom is -0.0622 e. The maximum Gasteiger partial charge on any atom is 0.0636 e. The summed E-state index contributed by atoms with van der Waals surface area (Å²) in [7, 11) is 0. The van der Waals surface area contributed by atoms with Crippen LogP contribution in [0.15, 0.2) is 157 Å². The maximum absolute atomic E-state index is 9.66. The number of hydrogen-bond donors (Lipinski definition) is 0. The molecular formula is C40H26. The van der Waals surface area contributed by atoms with E-state index in [1.54, 1.807) is 48.5 Å². The number of benzene rings is 8. The zero-order valence-electron chi connectivity index (χ0n) is 38.6. The second-order valence-electron chi connectivity index (χ2n) is 9.09. The molecule has 0 atom stereocenters. The first-order chi connectivity index (χ1) is 27.4. The van der Waals surface area contributed by atoms with E-state index in [0.29, 0.717) is 27.1 Å². The second-order valence-corrected chi connectivity index (χ2v) is 9.09. The van der Waals surface area contributed by atoms with Crippen LogP contribution in [0.3, 0.4) is 0 Å². The van der Waals surface area contributed by atoms with Gasteiger partial charge in [0.2, 0.25) is 0 Å². The molecule has 8 rings (SSSR count). The van der Waals surface area contributed by atoms with Crippen molar-refractivity contribution in [1.29, 1.82) is 0 Å². The van der Waals surface area contributed by atoms with Crippen molar-refractivity contribution in [3.05, 3.63) is 157 Å². The van der Waals surface area contributed by atoms with Crippen LogP contribution in [-0.4, -0.2) is 0 Å². The predicted molar refractivity (Wildman–Crippen MR) is 173 cm³/mol. The fraction of sp³-hybridized carbons (Fsp3) is 0. The fourth-order valence-electron chi connectivity index (χ4n) is 5.07. The van der Waals surface area contributed by atoms with Crippen LogP contribution in [0.2, 0.25) is 0 Å². The van der Waals surface area contributed by atoms with Gasteiger partial charge >= 0.3 is 0 Å². The molecule has 0 fully saturated rings. The van der Waals surface area contributed by atoms with Crippen LogP contribution in [0.5, 0.6) is 0 Å². The Balaban J connectivity index is 1.55. The van der Waals surface area contributed by atoms with Gasteiger partial charge in [-0.15, -0.1) is 0 Å². The molecule has 0 heterocycles. The van der Waals surface area contributed by atoms with E-state index in [1.165, 1.54) is 0 Å². The molecule has 40 heavy (non-hydrogen) atoms. The van der Waals surface area contributed by atoms with Crippen molar-refractivity contribution in [3.8, 4) is 33.4 Å². The first-order valence-corrected chi connectivity index (χ1v) is 12.4. The highest BCUT2D eigenvalue weighted by atomic mass is 14.2. The van der Waals surface area contributed by atoms with E-state index in [2.05, 4.69) is 0 Å². The van der Waals surface area contributed by atoms with Crippen molar-refractivity contribution >= 4 is 43.1 Å². The van der Waals surface area contributed by atoms with E-state index < -0.39 is 136 Å². The number of rotatable bonds is 3. The van der Waals surface area contributed by atoms with Gasteiger partial charge in [0.05, 0.1) is 24.7 Å². The van der Waals surface area contributed by atoms with Crippen LogP contribution in [0.4, 0.5) is 0 Å². The molecule has 0 heteroatoms. The summed E-state index contributed by atoms with van der Waals surface area (Å²) < 4.78 is 158. The number of hydrogen-bond acceptors (Lipinski definition) is 0. The third kappa shape index (κ3) is 3.69. The number of fused-ring (bicyclic) bond motifs is 4. The lowest BCUT2D eigenvalue weighted by molar-refractivity contribution is 1.65. The third-order valence-corrected chi connectivity index (χ3v) is 6.81. The van der Waals surface area contributed by atoms with Crippen molar-refractivity contribution in [2.24, 2.45) is 0 Å². The van der Waals surface area contributed by atoms with E-state index in [4.69, 9.17) is 20.6 Å². The minimum absolute atomic E-state index is 0.0758. The minimum atomic E-state index is -0.752. The van der Waals surface area contributed by atoms with Crippen LogP contribution >= 0.6 is 0 Å². The Morgan fingerprint density at radius 2 is 0.750 bits per heavy atom. The molecule has 0 spiro atoms. The molecule has 0 bridgehead atoms. The van der Waals surface area contributed by atoms with Gasteiger partial charge in [0.1, 0.15) is 0 Å². The monoisotopic (exact) mass is 524 g/mol. The highest BCUT2D eigenvalue weighted by Crippen LogP contribution is 2.44. The van der Waals surface area contributed by atoms with Gasteiger partial charge in [0.15, 0.2) is 0 Å². The molecule has 0 nitrogen and oxygen atoms in total. The molecule has 0 amide bonds. The van der Waals surface area contributed by atoms with Gasteiger partial charge in [-0.2, -0.15) is 0 Å². The largest absolute Gasteiger partial charge is 0.0636 e. The molecule has 0 saturated heterocycles. The highest BCUT2D eigenvalue weighted by Gasteiger charge is 2.16. The quantitative estimate of drug-likeness (QED) is 0.202. The van der Waals surface area contributed by atoms with Gasteiger partial charge < -0.3 is 0 Å². The zero-order chi connectivity index (χ0) is 42.1. The molecular weight excluding hydrogens is 480 g/mol. The zero-order valence-corrected chi connectivity index (χ0v) is 20.6. The average Bonchev–Trinajstić information content (AvgIpc) is 3.21. The summed E-state index contributed by atoms with van der Waals surface area (Å²) in [6.45, 7) is 0. The Morgan fingerprint density at radius 1 is 0.325 bits per heavy atom. The Hall–Kier alpha value is -5.20. The molecule has 8 aromatic rings. The molecule has 0 aliphatic rings. The van der Waals surface area contributed by atoms with Crippen molar-refractivity contribution in [2.45, 2.75) is 0 Å². The first-order valence-electron chi connectivity index (χ1n) is 21.4. The Labute approximate surface area is 259 Å². The summed E-state index contributed by atoms with van der Waals surface area (Å²) in [5.74, 6) is 0. The highest BCUT2D eigenvalue weighted by molar-refractivity contribution is 6.21. The van der Waals surface area contributed by atoms with Gasteiger partial charge in [-0.05, 0) is 94.6 Å². The maximum atomic E-state index is 9.66. The topological polar surface area (TPSA) is 0 Å². The third-order valence-electron chi connectivity index (χ3n) is 6.81. The van der Waals surface area contributed by atoms with Crippen molar-refractivity contribution < 1.29 is 24.7 Å². The van der Waals surface area contributed by atoms with E-state index in [0.717, 1.165) is 0 Å². The van der Waals surface area contributed by atoms with E-state index >= 15 is 0 Å². The standard InChI is InChI=1S/C40H26/c1-2-11-29(12-3-1)39-35-14-6-8-16-37(35)40(38-17-9-7-15-36(38)39)33-23-20-28-19-22-32(25-34(28)26-33)31-21-18-27-10-4-5-13-30(27)24-31/h1-26H/i1D,2D,3D,4D,5D,10D,11D,12D,13D,18D,19D,20D,21D,22D,23D,24D,25D,26D. The molecule has 0 saturated carbocycles. The predicted octanol–water partition coefficient (Wildman–Crippen LogP) is 11.3. The fourth-order valence-corrected chi connectivity index (χ4v) is 5.07. The Kier molecular flexibility index (Phi) is 2.56. The van der Waals surface area contributed by atoms with Gasteiger partial charge in [-0.3, -0.25) is 0 Å². The molecule has 0 radical (unpaired) electrons. The van der Waals surface area contributed by atoms with E-state index in [9.17, 15) is 4.11 Å². The smallest absolute Gasteiger partial charge is 0.0622 e. The molecule has 0 N–H and O–H groups in total. The van der Waals surface area contributed by atoms with Crippen LogP contribution in [-0.2, 0) is 0 Å². The molecule has 0 aliphatic carbocycles. The van der Waals surface area contributed by atoms with E-state index in [-0.39, 0.29) is 22.1 Å². The average molecular weight is 525 g/mol. The second kappa shape index (κ2) is 9.22. The normalized spacial score (nSPS) is 17.8. The lowest BCUT2D eigenvalue weighted by Gasteiger charge is -2.18. The molecule has 0 unspecified atom stereocenters. The van der Waals surface area contributed by atoms with Crippen molar-refractivity contribution in [1.82, 2.24) is 0 Å². The van der Waals surface area contributed by atoms with Gasteiger partial charge in [0.25, 0.3) is 0 Å². The summed E-state index contributed by atoms with van der Waals surface area (Å²) in [5.41, 5.74) is -0.813. The van der Waals surface area contributed by atoms with Gasteiger partial charge in [0, 0.05) is 0 Å². The summed E-state index contributed by atoms with van der Waals surface area (Å²) in [6.07, 6.45) is 0. The van der Waals surface area contributed by atoms with Crippen LogP contribution in [0, 0.1) is 0 Å². The van der Waals surface area contributed by atoms with Crippen LogP contribution in [0.25, 0.3) is 76.5 Å². The lowest BCUT2D eigenvalue weighted by atomic mass is 9.85. The van der Waals surface area contributed by atoms with Gasteiger partial charge in [-0.1, -0.05) is 139 Å². The summed E-state index contributed by atoms with van der Waals surface area (Å²) in [6, 6.07) is 2.14. The summed E-state index contributed by atoms with van der Waals surface area (Å²) >= 11 is 0. The first kappa shape index (κ1) is 11.1. The lowest BCUT2D eigenvalue weighted by Crippen LogP contribution is -1.90. The van der Waals surface area contributed by atoms with Crippen molar-refractivity contribution in [3.63, 3.8) is 0 Å². The van der Waals surface area contributed by atoms with E-state index in [1.807, 2.05) is 0 Å². The van der Waals surface area contributed by atoms with Gasteiger partial charge in [-0.25, -0.2) is 0 Å².